The van der Waals surface area contributed by atoms with E-state index in [1.165, 1.54) is 0 Å². The predicted molar refractivity (Wildman–Crippen MR) is 79.8 cm³/mol. The van der Waals surface area contributed by atoms with Crippen LogP contribution >= 0.6 is 0 Å². The van der Waals surface area contributed by atoms with Crippen LogP contribution in [0.1, 0.15) is 11.1 Å². The van der Waals surface area contributed by atoms with Gasteiger partial charge in [0.1, 0.15) is 6.61 Å². The van der Waals surface area contributed by atoms with E-state index in [0.29, 0.717) is 38.3 Å². The van der Waals surface area contributed by atoms with Gasteiger partial charge in [-0.05, 0) is 13.0 Å². The average Bonchev–Trinajstić information content (AvgIpc) is 2.48. The van der Waals surface area contributed by atoms with Crippen LogP contribution in [0.5, 0.6) is 0 Å². The summed E-state index contributed by atoms with van der Waals surface area (Å²) in [5.41, 5.74) is 1.84. The van der Waals surface area contributed by atoms with Crippen LogP contribution in [0, 0.1) is 17.0 Å². The molecule has 22 heavy (non-hydrogen) atoms. The first-order valence-electron chi connectivity index (χ1n) is 7.07. The fraction of sp³-hybridized carbons (Fsp3) is 0.500. The Morgan fingerprint density at radius 1 is 1.36 bits per heavy atom. The van der Waals surface area contributed by atoms with Gasteiger partial charge in [0.15, 0.2) is 0 Å². The third-order valence-electron chi connectivity index (χ3n) is 3.76. The van der Waals surface area contributed by atoms with Crippen molar-refractivity contribution in [3.05, 3.63) is 39.4 Å². The molecule has 1 aromatic carbocycles. The lowest BCUT2D eigenvalue weighted by molar-refractivity contribution is -0.385. The van der Waals surface area contributed by atoms with Crippen molar-refractivity contribution >= 4 is 11.6 Å². The van der Waals surface area contributed by atoms with Crippen molar-refractivity contribution in [3.63, 3.8) is 0 Å². The van der Waals surface area contributed by atoms with Gasteiger partial charge >= 0.3 is 0 Å². The van der Waals surface area contributed by atoms with Gasteiger partial charge in [-0.15, -0.1) is 0 Å². The van der Waals surface area contributed by atoms with E-state index in [-0.39, 0.29) is 23.1 Å². The number of benzene rings is 1. The zero-order chi connectivity index (χ0) is 16.1. The highest BCUT2D eigenvalue weighted by molar-refractivity contribution is 5.77. The van der Waals surface area contributed by atoms with Crippen LogP contribution in [-0.4, -0.2) is 53.4 Å². The van der Waals surface area contributed by atoms with Crippen molar-refractivity contribution in [2.45, 2.75) is 13.5 Å². The predicted octanol–water partition coefficient (Wildman–Crippen LogP) is 0.438. The molecule has 0 spiro atoms. The topological polar surface area (TPSA) is 102 Å². The molecule has 0 aliphatic carbocycles. The minimum absolute atomic E-state index is 0.122. The maximum atomic E-state index is 11.7. The van der Waals surface area contributed by atoms with Gasteiger partial charge in [0.2, 0.25) is 0 Å². The van der Waals surface area contributed by atoms with E-state index in [1.54, 1.807) is 17.0 Å². The van der Waals surface area contributed by atoms with Crippen molar-refractivity contribution in [1.82, 2.24) is 9.80 Å². The quantitative estimate of drug-likeness (QED) is 0.625. The first-order chi connectivity index (χ1) is 10.5. The number of carbonyl (C=O) groups is 1. The van der Waals surface area contributed by atoms with Gasteiger partial charge in [0.05, 0.1) is 4.92 Å². The average molecular weight is 308 g/mol. The Labute approximate surface area is 128 Å². The number of carbonyl (C=O) groups excluding carboxylic acids is 1. The molecule has 1 aromatic rings. The fourth-order valence-electron chi connectivity index (χ4n) is 2.58. The van der Waals surface area contributed by atoms with Crippen LogP contribution in [0.15, 0.2) is 18.2 Å². The second-order valence-electron chi connectivity index (χ2n) is 5.36. The van der Waals surface area contributed by atoms with E-state index in [0.717, 1.165) is 5.56 Å². The number of amides is 1. The Bertz CT molecular complexity index is 556. The Kier molecular flexibility index (Phi) is 5.42. The molecule has 8 heteroatoms. The lowest BCUT2D eigenvalue weighted by atomic mass is 10.1. The van der Waals surface area contributed by atoms with E-state index in [2.05, 4.69) is 9.74 Å². The molecule has 0 radical (unpaired) electrons. The number of aryl methyl sites for hydroxylation is 1. The molecule has 1 aliphatic rings. The summed E-state index contributed by atoms with van der Waals surface area (Å²) in [5.74, 6) is 4.77. The van der Waals surface area contributed by atoms with Gasteiger partial charge in [-0.25, -0.2) is 5.90 Å². The summed E-state index contributed by atoms with van der Waals surface area (Å²) in [7, 11) is 0. The second-order valence-corrected chi connectivity index (χ2v) is 5.36. The molecule has 0 bridgehead atoms. The first kappa shape index (κ1) is 16.3. The molecule has 2 N–H and O–H groups in total. The molecule has 0 unspecified atom stereocenters. The Hall–Kier alpha value is -2.03. The van der Waals surface area contributed by atoms with Crippen molar-refractivity contribution in [1.29, 1.82) is 0 Å². The highest BCUT2D eigenvalue weighted by Crippen LogP contribution is 2.22. The third-order valence-corrected chi connectivity index (χ3v) is 3.76. The Balaban J connectivity index is 1.98. The number of nitro benzene ring substituents is 1. The van der Waals surface area contributed by atoms with Gasteiger partial charge in [0, 0.05) is 44.4 Å². The molecule has 0 atom stereocenters. The molecule has 1 heterocycles. The van der Waals surface area contributed by atoms with Gasteiger partial charge in [-0.1, -0.05) is 11.6 Å². The third kappa shape index (κ3) is 4.00. The molecular formula is C14H20N4O4. The standard InChI is InChI=1S/C14H20N4O4/c1-11-2-3-13(18(20)21)12(8-11)9-16-4-6-17(7-5-16)14(19)10-22-15/h2-3,8H,4-7,9-10,15H2,1H3. The van der Waals surface area contributed by atoms with Crippen molar-refractivity contribution in [3.8, 4) is 0 Å². The van der Waals surface area contributed by atoms with E-state index in [1.807, 2.05) is 13.0 Å². The lowest BCUT2D eigenvalue weighted by Crippen LogP contribution is -2.49. The van der Waals surface area contributed by atoms with E-state index in [9.17, 15) is 14.9 Å². The van der Waals surface area contributed by atoms with Gasteiger partial charge < -0.3 is 4.90 Å². The monoisotopic (exact) mass is 308 g/mol. The smallest absolute Gasteiger partial charge is 0.273 e. The molecule has 1 fully saturated rings. The number of hydrogen-bond donors (Lipinski definition) is 1. The summed E-state index contributed by atoms with van der Waals surface area (Å²) in [6.45, 7) is 4.78. The molecule has 1 saturated heterocycles. The summed E-state index contributed by atoms with van der Waals surface area (Å²) in [4.78, 5) is 30.6. The van der Waals surface area contributed by atoms with Crippen molar-refractivity contribution in [2.24, 2.45) is 5.90 Å². The number of nitrogens with two attached hydrogens (primary N) is 1. The minimum atomic E-state index is -0.354. The van der Waals surface area contributed by atoms with E-state index < -0.39 is 0 Å². The second kappa shape index (κ2) is 7.30. The van der Waals surface area contributed by atoms with Gasteiger partial charge in [0.25, 0.3) is 11.6 Å². The van der Waals surface area contributed by atoms with Crippen LogP contribution in [0.2, 0.25) is 0 Å². The summed E-state index contributed by atoms with van der Waals surface area (Å²) in [6.07, 6.45) is 0. The van der Waals surface area contributed by atoms with Crippen LogP contribution in [0.4, 0.5) is 5.69 Å². The summed E-state index contributed by atoms with van der Waals surface area (Å²) in [5, 5.41) is 11.1. The molecule has 2 rings (SSSR count). The largest absolute Gasteiger partial charge is 0.338 e. The summed E-state index contributed by atoms with van der Waals surface area (Å²) >= 11 is 0. The molecule has 1 amide bonds. The number of rotatable bonds is 5. The fourth-order valence-corrected chi connectivity index (χ4v) is 2.58. The maximum absolute atomic E-state index is 11.7. The SMILES string of the molecule is Cc1ccc([N+](=O)[O-])c(CN2CCN(C(=O)CON)CC2)c1. The molecule has 1 aliphatic heterocycles. The lowest BCUT2D eigenvalue weighted by Gasteiger charge is -2.34. The van der Waals surface area contributed by atoms with Crippen LogP contribution in [0.3, 0.4) is 0 Å². The zero-order valence-electron chi connectivity index (χ0n) is 12.5. The van der Waals surface area contributed by atoms with Crippen LogP contribution < -0.4 is 5.90 Å². The summed E-state index contributed by atoms with van der Waals surface area (Å²) < 4.78 is 0. The van der Waals surface area contributed by atoms with Crippen molar-refractivity contribution in [2.75, 3.05) is 32.8 Å². The van der Waals surface area contributed by atoms with E-state index >= 15 is 0 Å². The normalized spacial score (nSPS) is 15.8. The molecule has 120 valence electrons. The van der Waals surface area contributed by atoms with Crippen LogP contribution in [-0.2, 0) is 16.2 Å². The highest BCUT2D eigenvalue weighted by Gasteiger charge is 2.23. The van der Waals surface area contributed by atoms with Crippen molar-refractivity contribution < 1.29 is 14.6 Å². The number of nitrogens with zero attached hydrogens (tertiary/aromatic N) is 3. The van der Waals surface area contributed by atoms with Crippen LogP contribution in [0.25, 0.3) is 0 Å². The number of piperazine rings is 1. The first-order valence-corrected chi connectivity index (χ1v) is 7.07. The summed E-state index contributed by atoms with van der Waals surface area (Å²) in [6, 6.07) is 5.13. The number of nitro groups is 1. The molecule has 0 saturated carbocycles. The van der Waals surface area contributed by atoms with Gasteiger partial charge in [-0.3, -0.25) is 24.6 Å². The van der Waals surface area contributed by atoms with Gasteiger partial charge in [-0.2, -0.15) is 0 Å². The van der Waals surface area contributed by atoms with E-state index in [4.69, 9.17) is 5.90 Å². The highest BCUT2D eigenvalue weighted by atomic mass is 16.6. The Morgan fingerprint density at radius 2 is 2.05 bits per heavy atom. The molecule has 8 nitrogen and oxygen atoms in total. The number of hydrogen-bond acceptors (Lipinski definition) is 6. The zero-order valence-corrected chi connectivity index (χ0v) is 12.5. The Morgan fingerprint density at radius 3 is 2.64 bits per heavy atom. The maximum Gasteiger partial charge on any atom is 0.273 e. The molecule has 0 aromatic heterocycles. The molecular weight excluding hydrogens is 288 g/mol. The minimum Gasteiger partial charge on any atom is -0.338 e.